The van der Waals surface area contributed by atoms with Crippen molar-refractivity contribution >= 4 is 32.4 Å². The standard InChI is InChI=1S/C23H26F3N3S/c1-2-17-6-11-20-21(16-17)30-22(27-20)29(15-14-28-12-4-3-5-13-28)19-9-7-18(8-10-19)23(24,25)26/h6-11,16H,2-5,12-15H2,1H3. The van der Waals surface area contributed by atoms with Gasteiger partial charge in [-0.05, 0) is 74.3 Å². The van der Waals surface area contributed by atoms with Gasteiger partial charge in [0.05, 0.1) is 15.8 Å². The number of benzene rings is 2. The fourth-order valence-electron chi connectivity index (χ4n) is 3.88. The van der Waals surface area contributed by atoms with E-state index in [0.717, 1.165) is 59.2 Å². The van der Waals surface area contributed by atoms with Crippen molar-refractivity contribution in [2.45, 2.75) is 38.8 Å². The van der Waals surface area contributed by atoms with Crippen LogP contribution in [0.5, 0.6) is 0 Å². The van der Waals surface area contributed by atoms with Crippen molar-refractivity contribution in [3.05, 3.63) is 53.6 Å². The van der Waals surface area contributed by atoms with Crippen LogP contribution in [0.15, 0.2) is 42.5 Å². The van der Waals surface area contributed by atoms with Gasteiger partial charge in [-0.1, -0.05) is 30.7 Å². The van der Waals surface area contributed by atoms with Gasteiger partial charge < -0.3 is 9.80 Å². The number of rotatable bonds is 6. The Morgan fingerprint density at radius 2 is 1.77 bits per heavy atom. The smallest absolute Gasteiger partial charge is 0.317 e. The molecule has 3 aromatic rings. The van der Waals surface area contributed by atoms with E-state index in [1.165, 1.54) is 24.8 Å². The molecule has 1 aliphatic heterocycles. The van der Waals surface area contributed by atoms with E-state index in [1.807, 2.05) is 6.07 Å². The van der Waals surface area contributed by atoms with E-state index in [2.05, 4.69) is 28.9 Å². The van der Waals surface area contributed by atoms with Crippen molar-refractivity contribution < 1.29 is 13.2 Å². The number of aryl methyl sites for hydroxylation is 1. The molecule has 0 unspecified atom stereocenters. The number of piperidine rings is 1. The van der Waals surface area contributed by atoms with Gasteiger partial charge in [-0.2, -0.15) is 13.2 Å². The van der Waals surface area contributed by atoms with Crippen LogP contribution in [0.2, 0.25) is 0 Å². The maximum absolute atomic E-state index is 13.0. The first-order chi connectivity index (χ1) is 14.4. The van der Waals surface area contributed by atoms with Gasteiger partial charge in [0.25, 0.3) is 0 Å². The lowest BCUT2D eigenvalue weighted by molar-refractivity contribution is -0.137. The molecule has 0 bridgehead atoms. The fourth-order valence-corrected chi connectivity index (χ4v) is 4.96. The molecule has 0 amide bonds. The van der Waals surface area contributed by atoms with Gasteiger partial charge in [-0.25, -0.2) is 4.98 Å². The number of likely N-dealkylation sites (tertiary alicyclic amines) is 1. The summed E-state index contributed by atoms with van der Waals surface area (Å²) in [4.78, 5) is 9.30. The van der Waals surface area contributed by atoms with E-state index >= 15 is 0 Å². The van der Waals surface area contributed by atoms with Gasteiger partial charge in [-0.15, -0.1) is 0 Å². The molecular formula is C23H26F3N3S. The minimum atomic E-state index is -4.33. The van der Waals surface area contributed by atoms with Crippen LogP contribution in [0.4, 0.5) is 24.0 Å². The molecule has 1 aromatic heterocycles. The summed E-state index contributed by atoms with van der Waals surface area (Å²) < 4.78 is 40.2. The Labute approximate surface area is 179 Å². The summed E-state index contributed by atoms with van der Waals surface area (Å²) in [5.41, 5.74) is 2.31. The second-order valence-electron chi connectivity index (χ2n) is 7.75. The molecule has 30 heavy (non-hydrogen) atoms. The molecule has 1 aliphatic rings. The highest BCUT2D eigenvalue weighted by atomic mass is 32.1. The van der Waals surface area contributed by atoms with E-state index in [1.54, 1.807) is 23.5 Å². The van der Waals surface area contributed by atoms with Gasteiger partial charge >= 0.3 is 6.18 Å². The third-order valence-corrected chi connectivity index (χ3v) is 6.72. The molecule has 160 valence electrons. The quantitative estimate of drug-likeness (QED) is 0.442. The average molecular weight is 434 g/mol. The summed E-state index contributed by atoms with van der Waals surface area (Å²) in [5, 5.41) is 0.829. The molecule has 1 fully saturated rings. The maximum Gasteiger partial charge on any atom is 0.416 e. The van der Waals surface area contributed by atoms with Crippen molar-refractivity contribution in [2.75, 3.05) is 31.1 Å². The highest BCUT2D eigenvalue weighted by Crippen LogP contribution is 2.36. The van der Waals surface area contributed by atoms with Crippen LogP contribution in [0.1, 0.15) is 37.3 Å². The first-order valence-corrected chi connectivity index (χ1v) is 11.3. The molecule has 4 rings (SSSR count). The number of aromatic nitrogens is 1. The predicted molar refractivity (Wildman–Crippen MR) is 118 cm³/mol. The molecule has 0 spiro atoms. The highest BCUT2D eigenvalue weighted by Gasteiger charge is 2.30. The third kappa shape index (κ3) is 4.78. The van der Waals surface area contributed by atoms with E-state index in [0.29, 0.717) is 6.54 Å². The number of halogens is 3. The van der Waals surface area contributed by atoms with Crippen LogP contribution in [0.3, 0.4) is 0 Å². The number of anilines is 2. The Kier molecular flexibility index (Phi) is 6.29. The van der Waals surface area contributed by atoms with Crippen LogP contribution in [0, 0.1) is 0 Å². The van der Waals surface area contributed by atoms with Gasteiger partial charge in [0.15, 0.2) is 5.13 Å². The van der Waals surface area contributed by atoms with Crippen LogP contribution < -0.4 is 4.90 Å². The number of alkyl halides is 3. The Morgan fingerprint density at radius 1 is 1.03 bits per heavy atom. The lowest BCUT2D eigenvalue weighted by Crippen LogP contribution is -2.36. The Balaban J connectivity index is 1.64. The van der Waals surface area contributed by atoms with Crippen molar-refractivity contribution in [3.63, 3.8) is 0 Å². The van der Waals surface area contributed by atoms with E-state index in [9.17, 15) is 13.2 Å². The van der Waals surface area contributed by atoms with Crippen LogP contribution in [-0.2, 0) is 12.6 Å². The van der Waals surface area contributed by atoms with E-state index < -0.39 is 11.7 Å². The van der Waals surface area contributed by atoms with Gasteiger partial charge in [-0.3, -0.25) is 0 Å². The first-order valence-electron chi connectivity index (χ1n) is 10.5. The van der Waals surface area contributed by atoms with Crippen molar-refractivity contribution in [1.82, 2.24) is 9.88 Å². The lowest BCUT2D eigenvalue weighted by Gasteiger charge is -2.30. The fraction of sp³-hybridized carbons (Fsp3) is 0.435. The molecule has 2 heterocycles. The van der Waals surface area contributed by atoms with Crippen LogP contribution in [0.25, 0.3) is 10.2 Å². The van der Waals surface area contributed by atoms with Gasteiger partial charge in [0, 0.05) is 18.8 Å². The number of nitrogens with zero attached hydrogens (tertiary/aromatic N) is 3. The molecule has 3 nitrogen and oxygen atoms in total. The number of hydrogen-bond donors (Lipinski definition) is 0. The van der Waals surface area contributed by atoms with Crippen LogP contribution in [-0.4, -0.2) is 36.1 Å². The van der Waals surface area contributed by atoms with Gasteiger partial charge in [0.1, 0.15) is 0 Å². The molecule has 7 heteroatoms. The molecule has 0 radical (unpaired) electrons. The number of thiazole rings is 1. The number of fused-ring (bicyclic) bond motifs is 1. The molecule has 0 aliphatic carbocycles. The summed E-state index contributed by atoms with van der Waals surface area (Å²) >= 11 is 1.60. The Morgan fingerprint density at radius 3 is 2.43 bits per heavy atom. The summed E-state index contributed by atoms with van der Waals surface area (Å²) in [7, 11) is 0. The second-order valence-corrected chi connectivity index (χ2v) is 8.76. The van der Waals surface area contributed by atoms with E-state index in [4.69, 9.17) is 4.98 Å². The molecule has 1 saturated heterocycles. The number of hydrogen-bond acceptors (Lipinski definition) is 4. The monoisotopic (exact) mass is 433 g/mol. The van der Waals surface area contributed by atoms with E-state index in [-0.39, 0.29) is 0 Å². The Hall–Kier alpha value is -2.12. The van der Waals surface area contributed by atoms with Crippen molar-refractivity contribution in [2.24, 2.45) is 0 Å². The normalized spacial score (nSPS) is 15.6. The third-order valence-electron chi connectivity index (χ3n) is 5.68. The topological polar surface area (TPSA) is 19.4 Å². The molecule has 0 atom stereocenters. The largest absolute Gasteiger partial charge is 0.416 e. The Bertz CT molecular complexity index is 976. The second kappa shape index (κ2) is 8.94. The molecule has 0 N–H and O–H groups in total. The van der Waals surface area contributed by atoms with Crippen molar-refractivity contribution in [3.8, 4) is 0 Å². The zero-order chi connectivity index (χ0) is 21.1. The zero-order valence-electron chi connectivity index (χ0n) is 17.1. The van der Waals surface area contributed by atoms with Crippen molar-refractivity contribution in [1.29, 1.82) is 0 Å². The summed E-state index contributed by atoms with van der Waals surface area (Å²) in [6.07, 6.45) is 0.323. The zero-order valence-corrected chi connectivity index (χ0v) is 17.9. The minimum Gasteiger partial charge on any atom is -0.317 e. The van der Waals surface area contributed by atoms with Crippen LogP contribution >= 0.6 is 11.3 Å². The van der Waals surface area contributed by atoms with Gasteiger partial charge in [0.2, 0.25) is 0 Å². The average Bonchev–Trinajstić information content (AvgIpc) is 3.17. The predicted octanol–water partition coefficient (Wildman–Crippen LogP) is 6.50. The first kappa shape index (κ1) is 21.1. The highest BCUT2D eigenvalue weighted by molar-refractivity contribution is 7.22. The maximum atomic E-state index is 13.0. The molecule has 0 saturated carbocycles. The SMILES string of the molecule is CCc1ccc2nc(N(CCN3CCCCC3)c3ccc(C(F)(F)F)cc3)sc2c1. The summed E-state index contributed by atoms with van der Waals surface area (Å²) in [6.45, 7) is 5.86. The lowest BCUT2D eigenvalue weighted by atomic mass is 10.1. The molecule has 2 aromatic carbocycles. The molecular weight excluding hydrogens is 407 g/mol. The minimum absolute atomic E-state index is 0.626. The summed E-state index contributed by atoms with van der Waals surface area (Å²) in [6, 6.07) is 11.7. The summed E-state index contributed by atoms with van der Waals surface area (Å²) in [5.74, 6) is 0.